The van der Waals surface area contributed by atoms with Crippen molar-refractivity contribution in [1.29, 1.82) is 0 Å². The van der Waals surface area contributed by atoms with Crippen LogP contribution in [0.1, 0.15) is 18.4 Å². The summed E-state index contributed by atoms with van der Waals surface area (Å²) in [6.07, 6.45) is 3.63. The Hall–Kier alpha value is -1.36. The number of nitrogens with zero attached hydrogens (tertiary/aromatic N) is 1. The molecule has 1 fully saturated rings. The van der Waals surface area contributed by atoms with Gasteiger partial charge in [0, 0.05) is 24.7 Å². The number of methoxy groups -OCH3 is 1. The van der Waals surface area contributed by atoms with E-state index in [2.05, 4.69) is 17.5 Å². The van der Waals surface area contributed by atoms with Crippen LogP contribution in [-0.2, 0) is 11.3 Å². The van der Waals surface area contributed by atoms with Crippen LogP contribution in [0, 0.1) is 0 Å². The van der Waals surface area contributed by atoms with Crippen molar-refractivity contribution >= 4 is 0 Å². The number of rotatable bonds is 10. The fourth-order valence-electron chi connectivity index (χ4n) is 2.45. The molecule has 21 heavy (non-hydrogen) atoms. The second-order valence-corrected chi connectivity index (χ2v) is 5.45. The topological polar surface area (TPSA) is 41.9 Å². The molecule has 1 N–H and O–H groups in total. The standard InChI is InChI=1S/C17H25NO3/c1-3-10-21-13-16(19)12-18(15-8-9-15)11-14-6-4-5-7-17(14)20-2/h3-7,15-16,19H,1,8-13H2,2H3/t16-/m1/s1. The fourth-order valence-corrected chi connectivity index (χ4v) is 2.45. The van der Waals surface area contributed by atoms with Crippen LogP contribution in [0.4, 0.5) is 0 Å². The first kappa shape index (κ1) is 16.0. The Morgan fingerprint density at radius 3 is 2.86 bits per heavy atom. The average molecular weight is 291 g/mol. The monoisotopic (exact) mass is 291 g/mol. The highest BCUT2D eigenvalue weighted by atomic mass is 16.5. The highest BCUT2D eigenvalue weighted by molar-refractivity contribution is 5.33. The van der Waals surface area contributed by atoms with E-state index in [0.717, 1.165) is 17.9 Å². The normalized spacial score (nSPS) is 16.0. The molecule has 0 heterocycles. The molecule has 0 bridgehead atoms. The second kappa shape index (κ2) is 8.17. The molecule has 0 unspecified atom stereocenters. The zero-order valence-corrected chi connectivity index (χ0v) is 12.7. The molecule has 0 amide bonds. The van der Waals surface area contributed by atoms with E-state index in [-0.39, 0.29) is 0 Å². The zero-order valence-electron chi connectivity index (χ0n) is 12.7. The van der Waals surface area contributed by atoms with Crippen molar-refractivity contribution in [3.63, 3.8) is 0 Å². The van der Waals surface area contributed by atoms with Gasteiger partial charge >= 0.3 is 0 Å². The molecule has 1 aromatic rings. The number of aliphatic hydroxyl groups is 1. The zero-order chi connectivity index (χ0) is 15.1. The van der Waals surface area contributed by atoms with Gasteiger partial charge in [-0.15, -0.1) is 6.58 Å². The fraction of sp³-hybridized carbons (Fsp3) is 0.529. The Kier molecular flexibility index (Phi) is 6.23. The molecule has 0 radical (unpaired) electrons. The molecule has 2 rings (SSSR count). The molecule has 0 aromatic heterocycles. The van der Waals surface area contributed by atoms with Crippen molar-refractivity contribution < 1.29 is 14.6 Å². The predicted molar refractivity (Wildman–Crippen MR) is 83.4 cm³/mol. The first-order valence-electron chi connectivity index (χ1n) is 7.47. The maximum atomic E-state index is 10.1. The molecule has 4 nitrogen and oxygen atoms in total. The minimum atomic E-state index is -0.472. The maximum absolute atomic E-state index is 10.1. The molecular weight excluding hydrogens is 266 g/mol. The van der Waals surface area contributed by atoms with Gasteiger partial charge in [-0.05, 0) is 18.9 Å². The number of benzene rings is 1. The van der Waals surface area contributed by atoms with Crippen LogP contribution < -0.4 is 4.74 Å². The minimum absolute atomic E-state index is 0.348. The van der Waals surface area contributed by atoms with Crippen LogP contribution in [0.2, 0.25) is 0 Å². The average Bonchev–Trinajstić information content (AvgIpc) is 3.32. The molecule has 1 aliphatic carbocycles. The van der Waals surface area contributed by atoms with Crippen molar-refractivity contribution in [2.24, 2.45) is 0 Å². The molecule has 1 aliphatic rings. The van der Waals surface area contributed by atoms with Crippen LogP contribution in [-0.4, -0.2) is 49.0 Å². The largest absolute Gasteiger partial charge is 0.496 e. The van der Waals surface area contributed by atoms with E-state index in [1.54, 1.807) is 13.2 Å². The summed E-state index contributed by atoms with van der Waals surface area (Å²) in [5.41, 5.74) is 1.16. The van der Waals surface area contributed by atoms with E-state index >= 15 is 0 Å². The lowest BCUT2D eigenvalue weighted by Gasteiger charge is -2.25. The summed E-state index contributed by atoms with van der Waals surface area (Å²) < 4.78 is 10.7. The number of hydrogen-bond donors (Lipinski definition) is 1. The molecule has 1 saturated carbocycles. The summed E-state index contributed by atoms with van der Waals surface area (Å²) in [6.45, 7) is 5.85. The highest BCUT2D eigenvalue weighted by Gasteiger charge is 2.30. The SMILES string of the molecule is C=CCOC[C@H](O)CN(Cc1ccccc1OC)C1CC1. The first-order chi connectivity index (χ1) is 10.2. The third kappa shape index (κ3) is 5.16. The van der Waals surface area contributed by atoms with Crippen molar-refractivity contribution in [1.82, 2.24) is 4.90 Å². The summed E-state index contributed by atoms with van der Waals surface area (Å²) in [4.78, 5) is 2.32. The third-order valence-electron chi connectivity index (χ3n) is 3.62. The molecule has 0 saturated heterocycles. The summed E-state index contributed by atoms with van der Waals surface area (Å²) in [5, 5.41) is 10.1. The van der Waals surface area contributed by atoms with Gasteiger partial charge in [0.25, 0.3) is 0 Å². The van der Waals surface area contributed by atoms with Crippen molar-refractivity contribution in [2.75, 3.05) is 26.9 Å². The molecule has 1 atom stereocenters. The Labute approximate surface area is 127 Å². The lowest BCUT2D eigenvalue weighted by atomic mass is 10.1. The highest BCUT2D eigenvalue weighted by Crippen LogP contribution is 2.30. The Morgan fingerprint density at radius 1 is 1.43 bits per heavy atom. The lowest BCUT2D eigenvalue weighted by Crippen LogP contribution is -2.36. The van der Waals surface area contributed by atoms with Gasteiger partial charge in [0.2, 0.25) is 0 Å². The van der Waals surface area contributed by atoms with E-state index in [9.17, 15) is 5.11 Å². The number of aliphatic hydroxyl groups excluding tert-OH is 1. The van der Waals surface area contributed by atoms with Gasteiger partial charge in [0.1, 0.15) is 5.75 Å². The third-order valence-corrected chi connectivity index (χ3v) is 3.62. The van der Waals surface area contributed by atoms with Crippen molar-refractivity contribution in [3.8, 4) is 5.75 Å². The minimum Gasteiger partial charge on any atom is -0.496 e. The molecule has 0 spiro atoms. The molecule has 4 heteroatoms. The van der Waals surface area contributed by atoms with E-state index in [1.165, 1.54) is 12.8 Å². The van der Waals surface area contributed by atoms with Crippen LogP contribution >= 0.6 is 0 Å². The van der Waals surface area contributed by atoms with Gasteiger partial charge in [-0.3, -0.25) is 4.90 Å². The van der Waals surface area contributed by atoms with Crippen LogP contribution in [0.25, 0.3) is 0 Å². The molecule has 1 aromatic carbocycles. The summed E-state index contributed by atoms with van der Waals surface area (Å²) in [7, 11) is 1.69. The summed E-state index contributed by atoms with van der Waals surface area (Å²) >= 11 is 0. The Balaban J connectivity index is 1.91. The smallest absolute Gasteiger partial charge is 0.123 e. The van der Waals surface area contributed by atoms with Crippen LogP contribution in [0.15, 0.2) is 36.9 Å². The summed E-state index contributed by atoms with van der Waals surface area (Å²) in [5.74, 6) is 0.903. The van der Waals surface area contributed by atoms with E-state index in [1.807, 2.05) is 18.2 Å². The van der Waals surface area contributed by atoms with Crippen LogP contribution in [0.3, 0.4) is 0 Å². The predicted octanol–water partition coefficient (Wildman–Crippen LogP) is 2.22. The van der Waals surface area contributed by atoms with E-state index in [4.69, 9.17) is 9.47 Å². The van der Waals surface area contributed by atoms with Gasteiger partial charge in [-0.2, -0.15) is 0 Å². The quantitative estimate of drug-likeness (QED) is 0.530. The van der Waals surface area contributed by atoms with Gasteiger partial charge < -0.3 is 14.6 Å². The molecule has 0 aliphatic heterocycles. The van der Waals surface area contributed by atoms with E-state index in [0.29, 0.717) is 25.8 Å². The van der Waals surface area contributed by atoms with Crippen molar-refractivity contribution in [3.05, 3.63) is 42.5 Å². The van der Waals surface area contributed by atoms with Gasteiger partial charge in [0.05, 0.1) is 26.4 Å². The first-order valence-corrected chi connectivity index (χ1v) is 7.47. The van der Waals surface area contributed by atoms with E-state index < -0.39 is 6.10 Å². The second-order valence-electron chi connectivity index (χ2n) is 5.45. The number of ether oxygens (including phenoxy) is 2. The molecule has 116 valence electrons. The van der Waals surface area contributed by atoms with Gasteiger partial charge in [0.15, 0.2) is 0 Å². The van der Waals surface area contributed by atoms with Gasteiger partial charge in [-0.1, -0.05) is 24.3 Å². The Bertz CT molecular complexity index is 445. The van der Waals surface area contributed by atoms with Gasteiger partial charge in [-0.25, -0.2) is 0 Å². The maximum Gasteiger partial charge on any atom is 0.123 e. The summed E-state index contributed by atoms with van der Waals surface area (Å²) in [6, 6.07) is 8.62. The number of hydrogen-bond acceptors (Lipinski definition) is 4. The Morgan fingerprint density at radius 2 is 2.19 bits per heavy atom. The molecular formula is C17H25NO3. The lowest BCUT2D eigenvalue weighted by molar-refractivity contribution is 0.0226. The van der Waals surface area contributed by atoms with Crippen LogP contribution in [0.5, 0.6) is 5.75 Å². The van der Waals surface area contributed by atoms with Crippen molar-refractivity contribution in [2.45, 2.75) is 31.5 Å². The number of para-hydroxylation sites is 1.